The van der Waals surface area contributed by atoms with Crippen molar-refractivity contribution in [2.75, 3.05) is 0 Å². The molecule has 1 aliphatic carbocycles. The fourth-order valence-electron chi connectivity index (χ4n) is 2.77. The zero-order valence-corrected chi connectivity index (χ0v) is 9.58. The highest BCUT2D eigenvalue weighted by Crippen LogP contribution is 2.34. The summed E-state index contributed by atoms with van der Waals surface area (Å²) in [7, 11) is 0. The van der Waals surface area contributed by atoms with Crippen molar-refractivity contribution in [2.24, 2.45) is 11.7 Å². The molecular formula is C14H21N. The van der Waals surface area contributed by atoms with E-state index in [1.165, 1.54) is 31.2 Å². The minimum Gasteiger partial charge on any atom is -0.325 e. The molecule has 0 aliphatic heterocycles. The Bertz CT molecular complexity index is 296. The van der Waals surface area contributed by atoms with E-state index in [-0.39, 0.29) is 5.54 Å². The maximum absolute atomic E-state index is 6.45. The lowest BCUT2D eigenvalue weighted by Crippen LogP contribution is -2.45. The maximum Gasteiger partial charge on any atom is 0.0195 e. The van der Waals surface area contributed by atoms with E-state index in [1.807, 2.05) is 0 Å². The maximum atomic E-state index is 6.45. The molecule has 0 bridgehead atoms. The zero-order valence-electron chi connectivity index (χ0n) is 9.58. The number of hydrogen-bond donors (Lipinski definition) is 1. The van der Waals surface area contributed by atoms with Crippen LogP contribution in [-0.2, 0) is 6.42 Å². The third-order valence-electron chi connectivity index (χ3n) is 3.72. The monoisotopic (exact) mass is 203 g/mol. The first-order chi connectivity index (χ1) is 7.18. The predicted octanol–water partition coefficient (Wildman–Crippen LogP) is 3.14. The van der Waals surface area contributed by atoms with Crippen LogP contribution in [0.2, 0.25) is 0 Å². The van der Waals surface area contributed by atoms with E-state index in [9.17, 15) is 0 Å². The summed E-state index contributed by atoms with van der Waals surface area (Å²) in [5, 5.41) is 0. The molecule has 0 amide bonds. The molecule has 1 saturated carbocycles. The number of benzene rings is 1. The van der Waals surface area contributed by atoms with Crippen LogP contribution in [0.5, 0.6) is 0 Å². The van der Waals surface area contributed by atoms with Gasteiger partial charge in [-0.3, -0.25) is 0 Å². The molecule has 1 unspecified atom stereocenters. The second-order valence-electron chi connectivity index (χ2n) is 5.15. The van der Waals surface area contributed by atoms with E-state index in [0.29, 0.717) is 0 Å². The van der Waals surface area contributed by atoms with Crippen molar-refractivity contribution < 1.29 is 0 Å². The van der Waals surface area contributed by atoms with Crippen LogP contribution in [0.3, 0.4) is 0 Å². The number of hydrogen-bond acceptors (Lipinski definition) is 1. The van der Waals surface area contributed by atoms with E-state index < -0.39 is 0 Å². The molecule has 0 radical (unpaired) electrons. The SMILES string of the molecule is CC(N)(Cc1ccccc1)C1CCCC1. The van der Waals surface area contributed by atoms with Crippen molar-refractivity contribution in [3.8, 4) is 0 Å². The Morgan fingerprint density at radius 2 is 1.80 bits per heavy atom. The van der Waals surface area contributed by atoms with Crippen molar-refractivity contribution in [3.05, 3.63) is 35.9 Å². The lowest BCUT2D eigenvalue weighted by atomic mass is 9.80. The van der Waals surface area contributed by atoms with Crippen LogP contribution in [0.4, 0.5) is 0 Å². The highest BCUT2D eigenvalue weighted by Gasteiger charge is 2.32. The lowest BCUT2D eigenvalue weighted by Gasteiger charge is -2.31. The van der Waals surface area contributed by atoms with Crippen LogP contribution in [0.15, 0.2) is 30.3 Å². The van der Waals surface area contributed by atoms with Crippen molar-refractivity contribution in [2.45, 2.75) is 44.6 Å². The molecule has 0 spiro atoms. The largest absolute Gasteiger partial charge is 0.325 e. The molecule has 1 aromatic rings. The minimum atomic E-state index is -0.0160. The van der Waals surface area contributed by atoms with Crippen LogP contribution in [0.1, 0.15) is 38.2 Å². The van der Waals surface area contributed by atoms with Gasteiger partial charge in [-0.15, -0.1) is 0 Å². The molecule has 1 nitrogen and oxygen atoms in total. The lowest BCUT2D eigenvalue weighted by molar-refractivity contribution is 0.298. The van der Waals surface area contributed by atoms with Gasteiger partial charge >= 0.3 is 0 Å². The predicted molar refractivity (Wildman–Crippen MR) is 64.7 cm³/mol. The van der Waals surface area contributed by atoms with E-state index in [1.54, 1.807) is 0 Å². The average molecular weight is 203 g/mol. The van der Waals surface area contributed by atoms with Crippen LogP contribution in [0, 0.1) is 5.92 Å². The van der Waals surface area contributed by atoms with Gasteiger partial charge in [0.2, 0.25) is 0 Å². The Morgan fingerprint density at radius 1 is 1.20 bits per heavy atom. The van der Waals surface area contributed by atoms with Crippen molar-refractivity contribution in [3.63, 3.8) is 0 Å². The Hall–Kier alpha value is -0.820. The average Bonchev–Trinajstić information content (AvgIpc) is 2.71. The number of nitrogens with two attached hydrogens (primary N) is 1. The molecule has 1 aromatic carbocycles. The second-order valence-corrected chi connectivity index (χ2v) is 5.15. The Balaban J connectivity index is 2.03. The van der Waals surface area contributed by atoms with Gasteiger partial charge in [-0.1, -0.05) is 43.2 Å². The van der Waals surface area contributed by atoms with Crippen molar-refractivity contribution >= 4 is 0 Å². The molecule has 1 fully saturated rings. The highest BCUT2D eigenvalue weighted by atomic mass is 14.7. The molecule has 82 valence electrons. The second kappa shape index (κ2) is 4.36. The van der Waals surface area contributed by atoms with E-state index in [2.05, 4.69) is 37.3 Å². The molecular weight excluding hydrogens is 182 g/mol. The van der Waals surface area contributed by atoms with Gasteiger partial charge in [0.15, 0.2) is 0 Å². The summed E-state index contributed by atoms with van der Waals surface area (Å²) in [5.41, 5.74) is 7.81. The van der Waals surface area contributed by atoms with E-state index in [4.69, 9.17) is 5.73 Å². The molecule has 0 heterocycles. The summed E-state index contributed by atoms with van der Waals surface area (Å²) in [6.07, 6.45) is 6.39. The van der Waals surface area contributed by atoms with E-state index in [0.717, 1.165) is 12.3 Å². The first-order valence-corrected chi connectivity index (χ1v) is 6.01. The molecule has 2 N–H and O–H groups in total. The molecule has 0 saturated heterocycles. The zero-order chi connectivity index (χ0) is 10.7. The Kier molecular flexibility index (Phi) is 3.11. The Labute approximate surface area is 92.7 Å². The van der Waals surface area contributed by atoms with Crippen LogP contribution in [0.25, 0.3) is 0 Å². The summed E-state index contributed by atoms with van der Waals surface area (Å²) < 4.78 is 0. The molecule has 1 aliphatic rings. The molecule has 0 aromatic heterocycles. The summed E-state index contributed by atoms with van der Waals surface area (Å²) in [4.78, 5) is 0. The van der Waals surface area contributed by atoms with Gasteiger partial charge in [0.05, 0.1) is 0 Å². The quantitative estimate of drug-likeness (QED) is 0.802. The first kappa shape index (κ1) is 10.7. The van der Waals surface area contributed by atoms with Crippen molar-refractivity contribution in [1.82, 2.24) is 0 Å². The topological polar surface area (TPSA) is 26.0 Å². The number of rotatable bonds is 3. The normalized spacial score (nSPS) is 21.5. The molecule has 1 atom stereocenters. The van der Waals surface area contributed by atoms with Gasteiger partial charge in [0, 0.05) is 5.54 Å². The van der Waals surface area contributed by atoms with Gasteiger partial charge in [-0.25, -0.2) is 0 Å². The van der Waals surface area contributed by atoms with Crippen LogP contribution in [-0.4, -0.2) is 5.54 Å². The summed E-state index contributed by atoms with van der Waals surface area (Å²) in [6, 6.07) is 10.6. The van der Waals surface area contributed by atoms with E-state index >= 15 is 0 Å². The van der Waals surface area contributed by atoms with Crippen molar-refractivity contribution in [1.29, 1.82) is 0 Å². The molecule has 2 rings (SSSR count). The Morgan fingerprint density at radius 3 is 2.40 bits per heavy atom. The summed E-state index contributed by atoms with van der Waals surface area (Å²) >= 11 is 0. The van der Waals surface area contributed by atoms with Crippen LogP contribution < -0.4 is 5.73 Å². The highest BCUT2D eigenvalue weighted by molar-refractivity contribution is 5.18. The first-order valence-electron chi connectivity index (χ1n) is 6.01. The third kappa shape index (κ3) is 2.60. The van der Waals surface area contributed by atoms with Gasteiger partial charge in [0.25, 0.3) is 0 Å². The minimum absolute atomic E-state index is 0.0160. The van der Waals surface area contributed by atoms with Gasteiger partial charge < -0.3 is 5.73 Å². The third-order valence-corrected chi connectivity index (χ3v) is 3.72. The standard InChI is InChI=1S/C14H21N/c1-14(15,13-9-5-6-10-13)11-12-7-3-2-4-8-12/h2-4,7-8,13H,5-6,9-11,15H2,1H3. The van der Waals surface area contributed by atoms with Crippen LogP contribution >= 0.6 is 0 Å². The van der Waals surface area contributed by atoms with Gasteiger partial charge in [-0.05, 0) is 37.7 Å². The molecule has 15 heavy (non-hydrogen) atoms. The fourth-order valence-corrected chi connectivity index (χ4v) is 2.77. The van der Waals surface area contributed by atoms with Gasteiger partial charge in [0.1, 0.15) is 0 Å². The summed E-state index contributed by atoms with van der Waals surface area (Å²) in [5.74, 6) is 0.720. The smallest absolute Gasteiger partial charge is 0.0195 e. The molecule has 1 heteroatoms. The summed E-state index contributed by atoms with van der Waals surface area (Å²) in [6.45, 7) is 2.22. The fraction of sp³-hybridized carbons (Fsp3) is 0.571. The van der Waals surface area contributed by atoms with Gasteiger partial charge in [-0.2, -0.15) is 0 Å².